The topological polar surface area (TPSA) is 63.3 Å². The second-order valence-electron chi connectivity index (χ2n) is 2.78. The van der Waals surface area contributed by atoms with Crippen molar-refractivity contribution < 1.29 is 9.90 Å². The molecule has 0 aliphatic carbocycles. The Bertz CT molecular complexity index is 324. The summed E-state index contributed by atoms with van der Waals surface area (Å²) in [6.45, 7) is 1.92. The fraction of sp³-hybridized carbons (Fsp3) is 0.375. The van der Waals surface area contributed by atoms with Gasteiger partial charge in [-0.15, -0.1) is 11.3 Å². The molecule has 1 atom stereocenters. The molecule has 0 radical (unpaired) electrons. The molecule has 3 nitrogen and oxygen atoms in total. The standard InChI is InChI=1S/C8H10ClNO2S/c1-4-2-5(9)7(13-4)3-6(10)8(11)12/h2,6H,3,10H2,1H3,(H,11,12). The van der Waals surface area contributed by atoms with Crippen molar-refractivity contribution in [3.05, 3.63) is 20.8 Å². The van der Waals surface area contributed by atoms with Crippen LogP contribution in [0.15, 0.2) is 6.07 Å². The van der Waals surface area contributed by atoms with Crippen LogP contribution in [0.5, 0.6) is 0 Å². The minimum absolute atomic E-state index is 0.298. The fourth-order valence-electron chi connectivity index (χ4n) is 0.958. The zero-order valence-electron chi connectivity index (χ0n) is 7.08. The molecule has 13 heavy (non-hydrogen) atoms. The van der Waals surface area contributed by atoms with E-state index in [2.05, 4.69) is 0 Å². The molecule has 72 valence electrons. The van der Waals surface area contributed by atoms with E-state index < -0.39 is 12.0 Å². The summed E-state index contributed by atoms with van der Waals surface area (Å²) < 4.78 is 0. The Morgan fingerprint density at radius 3 is 2.85 bits per heavy atom. The smallest absolute Gasteiger partial charge is 0.320 e. The molecule has 0 spiro atoms. The lowest BCUT2D eigenvalue weighted by molar-refractivity contribution is -0.138. The number of thiophene rings is 1. The maximum Gasteiger partial charge on any atom is 0.320 e. The highest BCUT2D eigenvalue weighted by Gasteiger charge is 2.15. The van der Waals surface area contributed by atoms with Crippen LogP contribution in [-0.4, -0.2) is 17.1 Å². The summed E-state index contributed by atoms with van der Waals surface area (Å²) in [6, 6.07) is 0.950. The van der Waals surface area contributed by atoms with Crippen molar-refractivity contribution in [2.75, 3.05) is 0 Å². The van der Waals surface area contributed by atoms with Gasteiger partial charge < -0.3 is 10.8 Å². The fourth-order valence-corrected chi connectivity index (χ4v) is 2.36. The summed E-state index contributed by atoms with van der Waals surface area (Å²) in [5.74, 6) is -0.998. The number of hydrogen-bond acceptors (Lipinski definition) is 3. The number of hydrogen-bond donors (Lipinski definition) is 2. The van der Waals surface area contributed by atoms with Crippen LogP contribution in [0.4, 0.5) is 0 Å². The molecule has 1 aromatic rings. The second kappa shape index (κ2) is 4.09. The molecule has 0 aliphatic heterocycles. The van der Waals surface area contributed by atoms with Crippen LogP contribution in [-0.2, 0) is 11.2 Å². The highest BCUT2D eigenvalue weighted by Crippen LogP contribution is 2.27. The van der Waals surface area contributed by atoms with Gasteiger partial charge in [0.2, 0.25) is 0 Å². The zero-order valence-corrected chi connectivity index (χ0v) is 8.65. The first kappa shape index (κ1) is 10.5. The first-order chi connectivity index (χ1) is 6.00. The molecule has 1 rings (SSSR count). The number of carboxylic acid groups (broad SMARTS) is 1. The number of carboxylic acids is 1. The average Bonchev–Trinajstić information content (AvgIpc) is 2.30. The van der Waals surface area contributed by atoms with Crippen LogP contribution in [0.3, 0.4) is 0 Å². The Morgan fingerprint density at radius 2 is 2.46 bits per heavy atom. The highest BCUT2D eigenvalue weighted by atomic mass is 35.5. The van der Waals surface area contributed by atoms with Crippen molar-refractivity contribution in [1.82, 2.24) is 0 Å². The predicted molar refractivity (Wildman–Crippen MR) is 53.4 cm³/mol. The largest absolute Gasteiger partial charge is 0.480 e. The van der Waals surface area contributed by atoms with Gasteiger partial charge in [0.25, 0.3) is 0 Å². The van der Waals surface area contributed by atoms with E-state index in [1.165, 1.54) is 11.3 Å². The van der Waals surface area contributed by atoms with Crippen molar-refractivity contribution in [1.29, 1.82) is 0 Å². The molecule has 0 saturated carbocycles. The van der Waals surface area contributed by atoms with Gasteiger partial charge >= 0.3 is 5.97 Å². The summed E-state index contributed by atoms with van der Waals surface area (Å²) in [6.07, 6.45) is 0.298. The van der Waals surface area contributed by atoms with Gasteiger partial charge in [0.1, 0.15) is 6.04 Å². The van der Waals surface area contributed by atoms with Gasteiger partial charge in [-0.2, -0.15) is 0 Å². The van der Waals surface area contributed by atoms with Gasteiger partial charge in [-0.05, 0) is 13.0 Å². The van der Waals surface area contributed by atoms with E-state index in [1.54, 1.807) is 0 Å². The van der Waals surface area contributed by atoms with Crippen LogP contribution in [0.1, 0.15) is 9.75 Å². The van der Waals surface area contributed by atoms with E-state index in [0.29, 0.717) is 11.4 Å². The van der Waals surface area contributed by atoms with Gasteiger partial charge in [0, 0.05) is 16.2 Å². The molecule has 5 heteroatoms. The minimum Gasteiger partial charge on any atom is -0.480 e. The zero-order chi connectivity index (χ0) is 10.0. The van der Waals surface area contributed by atoms with Gasteiger partial charge in [-0.25, -0.2) is 0 Å². The third kappa shape index (κ3) is 2.69. The van der Waals surface area contributed by atoms with Crippen molar-refractivity contribution in [3.8, 4) is 0 Å². The summed E-state index contributed by atoms with van der Waals surface area (Å²) in [5, 5.41) is 9.19. The van der Waals surface area contributed by atoms with Crippen molar-refractivity contribution in [2.24, 2.45) is 5.73 Å². The molecule has 1 heterocycles. The van der Waals surface area contributed by atoms with E-state index >= 15 is 0 Å². The van der Waals surface area contributed by atoms with E-state index in [9.17, 15) is 4.79 Å². The molecule has 3 N–H and O–H groups in total. The third-order valence-corrected chi connectivity index (χ3v) is 3.13. The summed E-state index contributed by atoms with van der Waals surface area (Å²) >= 11 is 7.34. The average molecular weight is 220 g/mol. The van der Waals surface area contributed by atoms with Crippen LogP contribution in [0, 0.1) is 6.92 Å². The van der Waals surface area contributed by atoms with E-state index in [-0.39, 0.29) is 0 Å². The lowest BCUT2D eigenvalue weighted by atomic mass is 10.2. The predicted octanol–water partition coefficient (Wildman–Crippen LogP) is 1.66. The maximum absolute atomic E-state index is 10.5. The number of nitrogens with two attached hydrogens (primary N) is 1. The number of aryl methyl sites for hydroxylation is 1. The molecule has 0 amide bonds. The molecule has 0 bridgehead atoms. The normalized spacial score (nSPS) is 12.8. The maximum atomic E-state index is 10.5. The molecule has 0 saturated heterocycles. The van der Waals surface area contributed by atoms with E-state index in [0.717, 1.165) is 9.75 Å². The Labute approximate surface area is 85.1 Å². The van der Waals surface area contributed by atoms with Crippen molar-refractivity contribution in [2.45, 2.75) is 19.4 Å². The molecular formula is C8H10ClNO2S. The number of halogens is 1. The Balaban J connectivity index is 2.74. The van der Waals surface area contributed by atoms with Crippen LogP contribution >= 0.6 is 22.9 Å². The SMILES string of the molecule is Cc1cc(Cl)c(CC(N)C(=O)O)s1. The monoisotopic (exact) mass is 219 g/mol. The third-order valence-electron chi connectivity index (χ3n) is 1.60. The van der Waals surface area contributed by atoms with Crippen molar-refractivity contribution >= 4 is 28.9 Å². The van der Waals surface area contributed by atoms with Crippen LogP contribution in [0.2, 0.25) is 5.02 Å². The van der Waals surface area contributed by atoms with E-state index in [4.69, 9.17) is 22.4 Å². The van der Waals surface area contributed by atoms with Crippen LogP contribution in [0.25, 0.3) is 0 Å². The first-order valence-corrected chi connectivity index (χ1v) is 4.93. The molecule has 0 aromatic carbocycles. The first-order valence-electron chi connectivity index (χ1n) is 3.74. The lowest BCUT2D eigenvalue weighted by Crippen LogP contribution is -2.31. The van der Waals surface area contributed by atoms with Crippen LogP contribution < -0.4 is 5.73 Å². The molecule has 1 unspecified atom stereocenters. The molecule has 0 aliphatic rings. The number of carbonyl (C=O) groups is 1. The van der Waals surface area contributed by atoms with Crippen molar-refractivity contribution in [3.63, 3.8) is 0 Å². The Hall–Kier alpha value is -0.580. The Morgan fingerprint density at radius 1 is 1.85 bits per heavy atom. The summed E-state index contributed by atoms with van der Waals surface area (Å²) in [5.41, 5.74) is 5.38. The van der Waals surface area contributed by atoms with Gasteiger partial charge in [-0.1, -0.05) is 11.6 Å². The second-order valence-corrected chi connectivity index (χ2v) is 4.53. The quantitative estimate of drug-likeness (QED) is 0.813. The molecular weight excluding hydrogens is 210 g/mol. The lowest BCUT2D eigenvalue weighted by Gasteiger charge is -2.03. The molecule has 1 aromatic heterocycles. The Kier molecular flexibility index (Phi) is 3.30. The summed E-state index contributed by atoms with van der Waals surface area (Å²) in [4.78, 5) is 12.4. The minimum atomic E-state index is -0.998. The number of rotatable bonds is 3. The summed E-state index contributed by atoms with van der Waals surface area (Å²) in [7, 11) is 0. The number of aliphatic carboxylic acids is 1. The van der Waals surface area contributed by atoms with Gasteiger partial charge in [-0.3, -0.25) is 4.79 Å². The van der Waals surface area contributed by atoms with E-state index in [1.807, 2.05) is 13.0 Å². The van der Waals surface area contributed by atoms with Gasteiger partial charge in [0.05, 0.1) is 5.02 Å². The highest BCUT2D eigenvalue weighted by molar-refractivity contribution is 7.12. The van der Waals surface area contributed by atoms with Gasteiger partial charge in [0.15, 0.2) is 0 Å². The molecule has 0 fully saturated rings.